The average molecular weight is 351 g/mol. The second kappa shape index (κ2) is 11.7. The molecular formula is C20H33NO4. The van der Waals surface area contributed by atoms with E-state index in [4.69, 9.17) is 15.2 Å². The molecule has 1 rings (SSSR count). The van der Waals surface area contributed by atoms with Gasteiger partial charge in [0.2, 0.25) is 0 Å². The lowest BCUT2D eigenvalue weighted by Crippen LogP contribution is -2.25. The second-order valence-electron chi connectivity index (χ2n) is 6.27. The van der Waals surface area contributed by atoms with E-state index < -0.39 is 11.9 Å². The van der Waals surface area contributed by atoms with Crippen LogP contribution in [0.1, 0.15) is 52.0 Å². The molecule has 2 unspecified atom stereocenters. The Morgan fingerprint density at radius 1 is 1.16 bits per heavy atom. The molecule has 0 amide bonds. The quantitative estimate of drug-likeness (QED) is 0.563. The van der Waals surface area contributed by atoms with Crippen LogP contribution in [0.4, 0.5) is 0 Å². The van der Waals surface area contributed by atoms with Gasteiger partial charge in [-0.2, -0.15) is 0 Å². The molecule has 5 heteroatoms. The zero-order valence-electron chi connectivity index (χ0n) is 15.8. The highest BCUT2D eigenvalue weighted by molar-refractivity contribution is 5.70. The van der Waals surface area contributed by atoms with Crippen LogP contribution in [0.5, 0.6) is 11.5 Å². The van der Waals surface area contributed by atoms with Crippen molar-refractivity contribution in [2.24, 2.45) is 17.6 Å². The molecule has 0 heterocycles. The van der Waals surface area contributed by atoms with Crippen molar-refractivity contribution >= 4 is 5.97 Å². The van der Waals surface area contributed by atoms with Crippen molar-refractivity contribution < 1.29 is 19.4 Å². The van der Waals surface area contributed by atoms with Crippen molar-refractivity contribution in [2.45, 2.75) is 52.9 Å². The highest BCUT2D eigenvalue weighted by Crippen LogP contribution is 2.31. The summed E-state index contributed by atoms with van der Waals surface area (Å²) in [5, 5.41) is 9.20. The first kappa shape index (κ1) is 21.3. The van der Waals surface area contributed by atoms with E-state index in [9.17, 15) is 9.90 Å². The number of hydrogen-bond donors (Lipinski definition) is 2. The van der Waals surface area contributed by atoms with Gasteiger partial charge in [-0.25, -0.2) is 0 Å². The van der Waals surface area contributed by atoms with Gasteiger partial charge in [-0.3, -0.25) is 4.79 Å². The van der Waals surface area contributed by atoms with E-state index in [0.717, 1.165) is 42.7 Å². The zero-order chi connectivity index (χ0) is 18.7. The van der Waals surface area contributed by atoms with Crippen molar-refractivity contribution in [3.8, 4) is 11.5 Å². The highest BCUT2D eigenvalue weighted by atomic mass is 16.5. The number of ether oxygens (including phenoxy) is 2. The predicted octanol–water partition coefficient (Wildman–Crippen LogP) is 3.88. The molecule has 3 N–H and O–H groups in total. The van der Waals surface area contributed by atoms with E-state index in [2.05, 4.69) is 6.92 Å². The van der Waals surface area contributed by atoms with Crippen LogP contribution in [0.15, 0.2) is 18.2 Å². The van der Waals surface area contributed by atoms with Gasteiger partial charge < -0.3 is 20.3 Å². The maximum atomic E-state index is 11.2. The number of carboxylic acid groups (broad SMARTS) is 1. The number of hydrogen-bond acceptors (Lipinski definition) is 4. The van der Waals surface area contributed by atoms with Gasteiger partial charge in [0.25, 0.3) is 0 Å². The Morgan fingerprint density at radius 3 is 2.20 bits per heavy atom. The van der Waals surface area contributed by atoms with Gasteiger partial charge in [0, 0.05) is 12.1 Å². The van der Waals surface area contributed by atoms with Crippen molar-refractivity contribution in [3.63, 3.8) is 0 Å². The standard InChI is InChI=1S/C20H33NO4/c1-4-15(13-16(14-21)20(22)23)9-7-10-17-18(24-5-2)11-8-12-19(17)25-6-3/h8,11-12,15-16H,4-7,9-10,13-14,21H2,1-3H3,(H,22,23). The average Bonchev–Trinajstić information content (AvgIpc) is 2.60. The van der Waals surface area contributed by atoms with Gasteiger partial charge in [-0.15, -0.1) is 0 Å². The molecule has 0 saturated heterocycles. The molecule has 0 saturated carbocycles. The third-order valence-electron chi connectivity index (χ3n) is 4.56. The largest absolute Gasteiger partial charge is 0.493 e. The molecule has 0 bridgehead atoms. The third-order valence-corrected chi connectivity index (χ3v) is 4.56. The lowest BCUT2D eigenvalue weighted by atomic mass is 9.88. The molecule has 1 aromatic carbocycles. The van der Waals surface area contributed by atoms with Crippen LogP contribution in [-0.2, 0) is 11.2 Å². The minimum Gasteiger partial charge on any atom is -0.493 e. The summed E-state index contributed by atoms with van der Waals surface area (Å²) in [6, 6.07) is 5.91. The monoisotopic (exact) mass is 351 g/mol. The SMILES string of the molecule is CCOc1cccc(OCC)c1CCCC(CC)CC(CN)C(=O)O. The minimum absolute atomic E-state index is 0.202. The van der Waals surface area contributed by atoms with Gasteiger partial charge in [0.15, 0.2) is 0 Å². The summed E-state index contributed by atoms with van der Waals surface area (Å²) in [6.45, 7) is 7.51. The molecule has 0 aliphatic carbocycles. The third kappa shape index (κ3) is 6.94. The fourth-order valence-electron chi connectivity index (χ4n) is 3.13. The molecule has 0 spiro atoms. The Hall–Kier alpha value is -1.75. The van der Waals surface area contributed by atoms with Crippen molar-refractivity contribution in [3.05, 3.63) is 23.8 Å². The number of nitrogens with two attached hydrogens (primary N) is 1. The number of carbonyl (C=O) groups is 1. The first-order valence-electron chi connectivity index (χ1n) is 9.37. The summed E-state index contributed by atoms with van der Waals surface area (Å²) >= 11 is 0. The van der Waals surface area contributed by atoms with Crippen LogP contribution in [0.3, 0.4) is 0 Å². The maximum absolute atomic E-state index is 11.2. The molecule has 25 heavy (non-hydrogen) atoms. The van der Waals surface area contributed by atoms with Gasteiger partial charge in [-0.1, -0.05) is 25.8 Å². The lowest BCUT2D eigenvalue weighted by molar-refractivity contribution is -0.142. The van der Waals surface area contributed by atoms with Gasteiger partial charge >= 0.3 is 5.97 Å². The van der Waals surface area contributed by atoms with Crippen LogP contribution in [0.2, 0.25) is 0 Å². The van der Waals surface area contributed by atoms with Crippen LogP contribution in [0.25, 0.3) is 0 Å². The first-order chi connectivity index (χ1) is 12.1. The summed E-state index contributed by atoms with van der Waals surface area (Å²) in [7, 11) is 0. The van der Waals surface area contributed by atoms with Crippen molar-refractivity contribution in [1.29, 1.82) is 0 Å². The maximum Gasteiger partial charge on any atom is 0.307 e. The number of aliphatic carboxylic acids is 1. The van der Waals surface area contributed by atoms with Crippen molar-refractivity contribution in [1.82, 2.24) is 0 Å². The molecule has 2 atom stereocenters. The van der Waals surface area contributed by atoms with Gasteiger partial charge in [0.05, 0.1) is 19.1 Å². The minimum atomic E-state index is -0.790. The summed E-state index contributed by atoms with van der Waals surface area (Å²) in [6.07, 6.45) is 4.43. The van der Waals surface area contributed by atoms with Gasteiger partial charge in [-0.05, 0) is 51.2 Å². The van der Waals surface area contributed by atoms with Crippen LogP contribution in [0, 0.1) is 11.8 Å². The molecule has 0 aliphatic rings. The topological polar surface area (TPSA) is 81.8 Å². The van der Waals surface area contributed by atoms with E-state index >= 15 is 0 Å². The normalized spacial score (nSPS) is 13.3. The Morgan fingerprint density at radius 2 is 1.76 bits per heavy atom. The predicted molar refractivity (Wildman–Crippen MR) is 100 cm³/mol. The zero-order valence-corrected chi connectivity index (χ0v) is 15.8. The van der Waals surface area contributed by atoms with Gasteiger partial charge in [0.1, 0.15) is 11.5 Å². The summed E-state index contributed by atoms with van der Waals surface area (Å²) < 4.78 is 11.5. The fourth-order valence-corrected chi connectivity index (χ4v) is 3.13. The second-order valence-corrected chi connectivity index (χ2v) is 6.27. The van der Waals surface area contributed by atoms with E-state index in [1.165, 1.54) is 0 Å². The molecule has 5 nitrogen and oxygen atoms in total. The lowest BCUT2D eigenvalue weighted by Gasteiger charge is -2.20. The Kier molecular flexibility index (Phi) is 10.0. The number of carboxylic acids is 1. The molecule has 0 aliphatic heterocycles. The number of benzene rings is 1. The molecule has 142 valence electrons. The summed E-state index contributed by atoms with van der Waals surface area (Å²) in [5.41, 5.74) is 6.70. The molecule has 1 aromatic rings. The first-order valence-corrected chi connectivity index (χ1v) is 9.37. The van der Waals surface area contributed by atoms with E-state index in [-0.39, 0.29) is 6.54 Å². The Bertz CT molecular complexity index is 494. The van der Waals surface area contributed by atoms with E-state index in [1.54, 1.807) is 0 Å². The summed E-state index contributed by atoms with van der Waals surface area (Å²) in [4.78, 5) is 11.2. The molecule has 0 aromatic heterocycles. The summed E-state index contributed by atoms with van der Waals surface area (Å²) in [5.74, 6) is 0.902. The molecule has 0 fully saturated rings. The van der Waals surface area contributed by atoms with Crippen molar-refractivity contribution in [2.75, 3.05) is 19.8 Å². The molecule has 0 radical (unpaired) electrons. The Labute approximate surface area is 151 Å². The fraction of sp³-hybridized carbons (Fsp3) is 0.650. The van der Waals surface area contributed by atoms with E-state index in [1.807, 2.05) is 32.0 Å². The number of rotatable bonds is 13. The Balaban J connectivity index is 2.70. The van der Waals surface area contributed by atoms with Crippen LogP contribution < -0.4 is 15.2 Å². The van der Waals surface area contributed by atoms with E-state index in [0.29, 0.717) is 25.6 Å². The molecular weight excluding hydrogens is 318 g/mol. The van der Waals surface area contributed by atoms with Crippen LogP contribution >= 0.6 is 0 Å². The smallest absolute Gasteiger partial charge is 0.307 e. The highest BCUT2D eigenvalue weighted by Gasteiger charge is 2.20. The van der Waals surface area contributed by atoms with Crippen LogP contribution in [-0.4, -0.2) is 30.8 Å².